The highest BCUT2D eigenvalue weighted by molar-refractivity contribution is 5.93. The van der Waals surface area contributed by atoms with Gasteiger partial charge in [0, 0.05) is 18.8 Å². The SMILES string of the molecule is Cc1cc(C(=O)N2CCNC(=O)CC2c2ccccc2)nn1C(C)C1CC1. The lowest BCUT2D eigenvalue weighted by atomic mass is 10.0. The molecule has 27 heavy (non-hydrogen) atoms. The van der Waals surface area contributed by atoms with Gasteiger partial charge in [-0.1, -0.05) is 30.3 Å². The van der Waals surface area contributed by atoms with Crippen molar-refractivity contribution >= 4 is 11.8 Å². The van der Waals surface area contributed by atoms with Gasteiger partial charge in [-0.25, -0.2) is 0 Å². The number of nitrogens with one attached hydrogen (secondary N) is 1. The Morgan fingerprint density at radius 2 is 2.00 bits per heavy atom. The molecule has 0 bridgehead atoms. The first-order valence-electron chi connectivity index (χ1n) is 9.73. The lowest BCUT2D eigenvalue weighted by molar-refractivity contribution is -0.121. The number of rotatable bonds is 4. The van der Waals surface area contributed by atoms with E-state index >= 15 is 0 Å². The molecule has 2 fully saturated rings. The maximum Gasteiger partial charge on any atom is 0.274 e. The van der Waals surface area contributed by atoms with Crippen molar-refractivity contribution in [3.05, 3.63) is 53.3 Å². The summed E-state index contributed by atoms with van der Waals surface area (Å²) in [4.78, 5) is 27.3. The van der Waals surface area contributed by atoms with Crippen LogP contribution in [0.2, 0.25) is 0 Å². The number of amides is 2. The van der Waals surface area contributed by atoms with Crippen molar-refractivity contribution in [3.8, 4) is 0 Å². The Kier molecular flexibility index (Phi) is 4.72. The van der Waals surface area contributed by atoms with Crippen molar-refractivity contribution in [1.29, 1.82) is 0 Å². The average molecular weight is 366 g/mol. The number of hydrogen-bond donors (Lipinski definition) is 1. The van der Waals surface area contributed by atoms with Gasteiger partial charge >= 0.3 is 0 Å². The van der Waals surface area contributed by atoms with Crippen LogP contribution in [0.1, 0.15) is 60.0 Å². The fourth-order valence-corrected chi connectivity index (χ4v) is 3.98. The Morgan fingerprint density at radius 1 is 1.26 bits per heavy atom. The van der Waals surface area contributed by atoms with Gasteiger partial charge in [0.1, 0.15) is 0 Å². The van der Waals surface area contributed by atoms with Crippen LogP contribution < -0.4 is 5.32 Å². The second-order valence-electron chi connectivity index (χ2n) is 7.67. The van der Waals surface area contributed by atoms with Gasteiger partial charge in [0.25, 0.3) is 5.91 Å². The highest BCUT2D eigenvalue weighted by Crippen LogP contribution is 2.39. The molecule has 1 saturated heterocycles. The number of benzene rings is 1. The summed E-state index contributed by atoms with van der Waals surface area (Å²) in [6.45, 7) is 5.12. The number of nitrogens with zero attached hydrogens (tertiary/aromatic N) is 3. The molecule has 2 aromatic rings. The summed E-state index contributed by atoms with van der Waals surface area (Å²) in [5.41, 5.74) is 2.46. The van der Waals surface area contributed by atoms with Gasteiger partial charge in [0.05, 0.1) is 18.5 Å². The van der Waals surface area contributed by atoms with Crippen LogP contribution in [0, 0.1) is 12.8 Å². The molecule has 1 aliphatic heterocycles. The molecule has 2 amide bonds. The second-order valence-corrected chi connectivity index (χ2v) is 7.67. The third kappa shape index (κ3) is 3.61. The van der Waals surface area contributed by atoms with Crippen molar-refractivity contribution in [3.63, 3.8) is 0 Å². The van der Waals surface area contributed by atoms with Crippen molar-refractivity contribution in [1.82, 2.24) is 20.0 Å². The molecule has 142 valence electrons. The summed E-state index contributed by atoms with van der Waals surface area (Å²) in [5, 5.41) is 7.52. The molecule has 2 heterocycles. The molecule has 1 N–H and O–H groups in total. The van der Waals surface area contributed by atoms with Gasteiger partial charge in [0.15, 0.2) is 5.69 Å². The zero-order valence-electron chi connectivity index (χ0n) is 15.9. The minimum atomic E-state index is -0.271. The molecule has 6 nitrogen and oxygen atoms in total. The predicted octanol–water partition coefficient (Wildman–Crippen LogP) is 2.87. The first kappa shape index (κ1) is 17.8. The number of carbonyl (C=O) groups excluding carboxylic acids is 2. The first-order valence-corrected chi connectivity index (χ1v) is 9.73. The van der Waals surface area contributed by atoms with Crippen molar-refractivity contribution < 1.29 is 9.59 Å². The monoisotopic (exact) mass is 366 g/mol. The number of carbonyl (C=O) groups is 2. The standard InChI is InChI=1S/C21H26N4O2/c1-14-12-18(23-25(14)15(2)16-8-9-16)21(27)24-11-10-22-20(26)13-19(24)17-6-4-3-5-7-17/h3-7,12,15-16,19H,8-11,13H2,1-2H3,(H,22,26). The largest absolute Gasteiger partial charge is 0.354 e. The number of aromatic nitrogens is 2. The van der Waals surface area contributed by atoms with Gasteiger partial charge in [-0.15, -0.1) is 0 Å². The molecule has 0 radical (unpaired) electrons. The molecule has 4 rings (SSSR count). The van der Waals surface area contributed by atoms with E-state index in [9.17, 15) is 9.59 Å². The fraction of sp³-hybridized carbons (Fsp3) is 0.476. The van der Waals surface area contributed by atoms with Crippen LogP contribution in [-0.2, 0) is 4.79 Å². The van der Waals surface area contributed by atoms with Gasteiger partial charge < -0.3 is 10.2 Å². The van der Waals surface area contributed by atoms with Crippen LogP contribution in [0.25, 0.3) is 0 Å². The van der Waals surface area contributed by atoms with Crippen LogP contribution in [0.4, 0.5) is 0 Å². The van der Waals surface area contributed by atoms with E-state index in [0.29, 0.717) is 30.7 Å². The third-order valence-corrected chi connectivity index (χ3v) is 5.71. The molecule has 1 saturated carbocycles. The molecule has 1 aromatic heterocycles. The Morgan fingerprint density at radius 3 is 2.70 bits per heavy atom. The minimum Gasteiger partial charge on any atom is -0.354 e. The number of hydrogen-bond acceptors (Lipinski definition) is 3. The maximum absolute atomic E-state index is 13.3. The van der Waals surface area contributed by atoms with Gasteiger partial charge in [-0.2, -0.15) is 5.10 Å². The van der Waals surface area contributed by atoms with E-state index < -0.39 is 0 Å². The van der Waals surface area contributed by atoms with Crippen LogP contribution >= 0.6 is 0 Å². The summed E-state index contributed by atoms with van der Waals surface area (Å²) >= 11 is 0. The highest BCUT2D eigenvalue weighted by Gasteiger charge is 2.34. The van der Waals surface area contributed by atoms with E-state index in [1.807, 2.05) is 48.0 Å². The topological polar surface area (TPSA) is 67.2 Å². The average Bonchev–Trinajstić information content (AvgIpc) is 3.47. The smallest absolute Gasteiger partial charge is 0.274 e. The fourth-order valence-electron chi connectivity index (χ4n) is 3.98. The zero-order valence-corrected chi connectivity index (χ0v) is 15.9. The van der Waals surface area contributed by atoms with E-state index in [1.165, 1.54) is 12.8 Å². The molecule has 2 atom stereocenters. The molecule has 0 spiro atoms. The highest BCUT2D eigenvalue weighted by atomic mass is 16.2. The Bertz CT molecular complexity index is 841. The van der Waals surface area contributed by atoms with E-state index in [0.717, 1.165) is 11.3 Å². The van der Waals surface area contributed by atoms with Crippen molar-refractivity contribution in [2.45, 2.75) is 45.2 Å². The minimum absolute atomic E-state index is 0.0248. The Hall–Kier alpha value is -2.63. The van der Waals surface area contributed by atoms with Gasteiger partial charge in [-0.05, 0) is 44.2 Å². The summed E-state index contributed by atoms with van der Waals surface area (Å²) < 4.78 is 1.99. The molecule has 2 aliphatic rings. The molecule has 6 heteroatoms. The maximum atomic E-state index is 13.3. The molecule has 1 aromatic carbocycles. The quantitative estimate of drug-likeness (QED) is 0.905. The van der Waals surface area contributed by atoms with Crippen LogP contribution in [0.5, 0.6) is 0 Å². The first-order chi connectivity index (χ1) is 13.0. The molecular weight excluding hydrogens is 340 g/mol. The van der Waals surface area contributed by atoms with E-state index in [4.69, 9.17) is 0 Å². The second kappa shape index (κ2) is 7.18. The normalized spacial score (nSPS) is 21.5. The summed E-state index contributed by atoms with van der Waals surface area (Å²) in [7, 11) is 0. The van der Waals surface area contributed by atoms with Gasteiger partial charge in [-0.3, -0.25) is 14.3 Å². The van der Waals surface area contributed by atoms with Crippen LogP contribution in [0.15, 0.2) is 36.4 Å². The van der Waals surface area contributed by atoms with Crippen LogP contribution in [0.3, 0.4) is 0 Å². The Balaban J connectivity index is 1.64. The predicted molar refractivity (Wildman–Crippen MR) is 102 cm³/mol. The molecule has 1 aliphatic carbocycles. The zero-order chi connectivity index (χ0) is 19.0. The van der Waals surface area contributed by atoms with Crippen LogP contribution in [-0.4, -0.2) is 39.6 Å². The summed E-state index contributed by atoms with van der Waals surface area (Å²) in [5.74, 6) is 0.539. The lowest BCUT2D eigenvalue weighted by Crippen LogP contribution is -2.37. The molecular formula is C21H26N4O2. The third-order valence-electron chi connectivity index (χ3n) is 5.71. The van der Waals surface area contributed by atoms with E-state index in [-0.39, 0.29) is 24.3 Å². The molecule has 2 unspecified atom stereocenters. The summed E-state index contributed by atoms with van der Waals surface area (Å²) in [6, 6.07) is 11.7. The number of aryl methyl sites for hydroxylation is 1. The lowest BCUT2D eigenvalue weighted by Gasteiger charge is -2.29. The van der Waals surface area contributed by atoms with Crippen molar-refractivity contribution in [2.24, 2.45) is 5.92 Å². The summed E-state index contributed by atoms with van der Waals surface area (Å²) in [6.07, 6.45) is 2.74. The van der Waals surface area contributed by atoms with E-state index in [2.05, 4.69) is 17.3 Å². The Labute approximate surface area is 159 Å². The van der Waals surface area contributed by atoms with E-state index in [1.54, 1.807) is 4.90 Å². The van der Waals surface area contributed by atoms with Gasteiger partial charge in [0.2, 0.25) is 5.91 Å². The van der Waals surface area contributed by atoms with Crippen molar-refractivity contribution in [2.75, 3.05) is 13.1 Å².